The van der Waals surface area contributed by atoms with E-state index in [0.717, 1.165) is 71.0 Å². The predicted molar refractivity (Wildman–Crippen MR) is 145 cm³/mol. The lowest BCUT2D eigenvalue weighted by molar-refractivity contribution is 0.242. The number of sulfonamides is 1. The fourth-order valence-electron chi connectivity index (χ4n) is 5.06. The second-order valence-corrected chi connectivity index (χ2v) is 12.7. The summed E-state index contributed by atoms with van der Waals surface area (Å²) in [5.74, 6) is 0.685. The van der Waals surface area contributed by atoms with Crippen LogP contribution in [0.2, 0.25) is 0 Å². The maximum atomic E-state index is 12.8. The number of hydrogen-bond donors (Lipinski definition) is 1. The van der Waals surface area contributed by atoms with Gasteiger partial charge in [0.1, 0.15) is 21.8 Å². The molecule has 1 aromatic heterocycles. The van der Waals surface area contributed by atoms with Crippen molar-refractivity contribution in [2.45, 2.75) is 51.7 Å². The van der Waals surface area contributed by atoms with Crippen molar-refractivity contribution in [3.05, 3.63) is 53.1 Å². The molecule has 0 amide bonds. The number of benzene rings is 2. The third kappa shape index (κ3) is 5.85. The van der Waals surface area contributed by atoms with Gasteiger partial charge < -0.3 is 9.64 Å². The number of aromatic nitrogens is 2. The fraction of sp³-hybridized carbons (Fsp3) is 0.444. The first-order valence-electron chi connectivity index (χ1n) is 12.7. The first-order chi connectivity index (χ1) is 17.8. The average Bonchev–Trinajstić information content (AvgIpc) is 3.64. The number of ether oxygens (including phenoxy) is 1. The lowest BCUT2D eigenvalue weighted by Crippen LogP contribution is -2.35. The summed E-state index contributed by atoms with van der Waals surface area (Å²) >= 11 is 1.46. The van der Waals surface area contributed by atoms with Crippen LogP contribution in [-0.4, -0.2) is 55.0 Å². The molecule has 0 radical (unpaired) electrons. The molecule has 2 heterocycles. The molecule has 8 nitrogen and oxygen atoms in total. The Labute approximate surface area is 222 Å². The van der Waals surface area contributed by atoms with Crippen molar-refractivity contribution in [3.8, 4) is 33.0 Å². The summed E-state index contributed by atoms with van der Waals surface area (Å²) in [5.41, 5.74) is 4.40. The minimum atomic E-state index is -3.38. The van der Waals surface area contributed by atoms with Gasteiger partial charge in [-0.2, -0.15) is 5.26 Å². The van der Waals surface area contributed by atoms with E-state index in [0.29, 0.717) is 17.9 Å². The van der Waals surface area contributed by atoms with E-state index in [-0.39, 0.29) is 17.9 Å². The molecular formula is C27H31N5O3S2. The Morgan fingerprint density at radius 1 is 1.19 bits per heavy atom. The second-order valence-electron chi connectivity index (χ2n) is 9.85. The molecule has 1 aliphatic carbocycles. The van der Waals surface area contributed by atoms with Crippen LogP contribution in [0.3, 0.4) is 0 Å². The zero-order valence-electron chi connectivity index (χ0n) is 21.1. The predicted octanol–water partition coefficient (Wildman–Crippen LogP) is 4.53. The van der Waals surface area contributed by atoms with Gasteiger partial charge in [-0.1, -0.05) is 29.5 Å². The zero-order valence-corrected chi connectivity index (χ0v) is 22.7. The lowest BCUT2D eigenvalue weighted by atomic mass is 10.0. The normalized spacial score (nSPS) is 17.7. The highest BCUT2D eigenvalue weighted by Gasteiger charge is 2.29. The van der Waals surface area contributed by atoms with Crippen LogP contribution < -0.4 is 9.46 Å². The maximum absolute atomic E-state index is 12.8. The molecule has 1 saturated heterocycles. The highest BCUT2D eigenvalue weighted by molar-refractivity contribution is 7.89. The largest absolute Gasteiger partial charge is 0.490 e. The summed E-state index contributed by atoms with van der Waals surface area (Å²) in [7, 11) is -3.38. The minimum absolute atomic E-state index is 0.0235. The minimum Gasteiger partial charge on any atom is -0.490 e. The highest BCUT2D eigenvalue weighted by atomic mass is 32.2. The zero-order chi connectivity index (χ0) is 26.0. The van der Waals surface area contributed by atoms with Gasteiger partial charge in [0.2, 0.25) is 10.0 Å². The smallest absolute Gasteiger partial charge is 0.213 e. The molecule has 1 unspecified atom stereocenters. The van der Waals surface area contributed by atoms with Crippen molar-refractivity contribution in [2.75, 3.05) is 25.4 Å². The van der Waals surface area contributed by atoms with E-state index in [1.807, 2.05) is 38.1 Å². The molecule has 1 N–H and O–H groups in total. The first kappa shape index (κ1) is 25.8. The van der Waals surface area contributed by atoms with Crippen LogP contribution in [0.4, 0.5) is 0 Å². The molecule has 2 aliphatic rings. The number of nitriles is 1. The molecule has 3 aromatic rings. The Morgan fingerprint density at radius 2 is 1.97 bits per heavy atom. The number of likely N-dealkylation sites (tertiary alicyclic amines) is 1. The van der Waals surface area contributed by atoms with Gasteiger partial charge in [0.15, 0.2) is 0 Å². The Bertz CT molecular complexity index is 1420. The van der Waals surface area contributed by atoms with Gasteiger partial charge in [-0.15, -0.1) is 10.2 Å². The molecule has 5 rings (SSSR count). The van der Waals surface area contributed by atoms with E-state index in [1.165, 1.54) is 11.3 Å². The van der Waals surface area contributed by atoms with Gasteiger partial charge >= 0.3 is 0 Å². The molecule has 1 atom stereocenters. The van der Waals surface area contributed by atoms with Crippen LogP contribution in [0.15, 0.2) is 36.4 Å². The number of rotatable bonds is 9. The molecule has 2 aromatic carbocycles. The molecule has 10 heteroatoms. The van der Waals surface area contributed by atoms with Crippen LogP contribution in [0.1, 0.15) is 55.8 Å². The molecule has 37 heavy (non-hydrogen) atoms. The monoisotopic (exact) mass is 537 g/mol. The van der Waals surface area contributed by atoms with Gasteiger partial charge in [0.25, 0.3) is 0 Å². The van der Waals surface area contributed by atoms with Crippen molar-refractivity contribution in [2.24, 2.45) is 0 Å². The third-order valence-corrected chi connectivity index (χ3v) is 9.20. The Kier molecular flexibility index (Phi) is 7.58. The Hall–Kier alpha value is -2.84. The van der Waals surface area contributed by atoms with Gasteiger partial charge in [-0.25, -0.2) is 13.1 Å². The lowest BCUT2D eigenvalue weighted by Gasteiger charge is -2.18. The molecule has 0 spiro atoms. The maximum Gasteiger partial charge on any atom is 0.213 e. The first-order valence-corrected chi connectivity index (χ1v) is 15.2. The van der Waals surface area contributed by atoms with Gasteiger partial charge in [-0.05, 0) is 81.9 Å². The van der Waals surface area contributed by atoms with Crippen molar-refractivity contribution in [3.63, 3.8) is 0 Å². The number of nitrogens with one attached hydrogen (secondary N) is 1. The summed E-state index contributed by atoms with van der Waals surface area (Å²) in [6, 6.07) is 13.4. The van der Waals surface area contributed by atoms with Crippen LogP contribution in [0.25, 0.3) is 21.1 Å². The molecule has 1 fully saturated rings. The molecule has 0 saturated carbocycles. The summed E-state index contributed by atoms with van der Waals surface area (Å²) in [6.07, 6.45) is 3.78. The second kappa shape index (κ2) is 10.9. The summed E-state index contributed by atoms with van der Waals surface area (Å²) in [6.45, 7) is 6.41. The SMILES string of the molecule is CC(C)Oc1ccc(-c2nnc(-c3cccc4c3CCC4NS(=O)(=O)CCN3CCCC3)s2)cc1C#N. The van der Waals surface area contributed by atoms with Crippen molar-refractivity contribution in [1.29, 1.82) is 5.26 Å². The van der Waals surface area contributed by atoms with Crippen LogP contribution in [0.5, 0.6) is 5.75 Å². The quantitative estimate of drug-likeness (QED) is 0.427. The molecule has 0 bridgehead atoms. The fourth-order valence-corrected chi connectivity index (χ4v) is 7.25. The van der Waals surface area contributed by atoms with Crippen LogP contribution in [-0.2, 0) is 16.4 Å². The van der Waals surface area contributed by atoms with E-state index in [4.69, 9.17) is 4.74 Å². The topological polar surface area (TPSA) is 108 Å². The summed E-state index contributed by atoms with van der Waals surface area (Å²) in [5, 5.41) is 19.9. The van der Waals surface area contributed by atoms with Crippen LogP contribution in [0, 0.1) is 11.3 Å². The number of fused-ring (bicyclic) bond motifs is 1. The number of hydrogen-bond acceptors (Lipinski definition) is 8. The standard InChI is InChI=1S/C27H31N5O3S2/c1-18(2)35-25-11-8-19(16-20(25)17-28)26-29-30-27(36-26)23-7-5-6-22-21(23)9-10-24(22)31-37(33,34)15-14-32-12-3-4-13-32/h5-8,11,16,18,24,31H,3-4,9-10,12-15H2,1-2H3. The third-order valence-electron chi connectivity index (χ3n) is 6.83. The number of nitrogens with zero attached hydrogens (tertiary/aromatic N) is 4. The van der Waals surface area contributed by atoms with Gasteiger partial charge in [-0.3, -0.25) is 0 Å². The highest BCUT2D eigenvalue weighted by Crippen LogP contribution is 2.40. The van der Waals surface area contributed by atoms with Crippen molar-refractivity contribution in [1.82, 2.24) is 19.8 Å². The van der Waals surface area contributed by atoms with Crippen LogP contribution >= 0.6 is 11.3 Å². The van der Waals surface area contributed by atoms with Crippen molar-refractivity contribution < 1.29 is 13.2 Å². The average molecular weight is 538 g/mol. The molecule has 194 valence electrons. The van der Waals surface area contributed by atoms with E-state index >= 15 is 0 Å². The Balaban J connectivity index is 1.34. The van der Waals surface area contributed by atoms with E-state index in [9.17, 15) is 13.7 Å². The van der Waals surface area contributed by atoms with Gasteiger partial charge in [0, 0.05) is 23.7 Å². The van der Waals surface area contributed by atoms with Crippen molar-refractivity contribution >= 4 is 21.4 Å². The van der Waals surface area contributed by atoms with E-state index in [2.05, 4.69) is 25.9 Å². The summed E-state index contributed by atoms with van der Waals surface area (Å²) in [4.78, 5) is 2.22. The van der Waals surface area contributed by atoms with Gasteiger partial charge in [0.05, 0.1) is 17.4 Å². The Morgan fingerprint density at radius 3 is 2.73 bits per heavy atom. The molecular weight excluding hydrogens is 506 g/mol. The van der Waals surface area contributed by atoms with E-state index in [1.54, 1.807) is 12.1 Å². The van der Waals surface area contributed by atoms with E-state index < -0.39 is 10.0 Å². The molecule has 1 aliphatic heterocycles. The summed E-state index contributed by atoms with van der Waals surface area (Å²) < 4.78 is 34.3.